The lowest BCUT2D eigenvalue weighted by molar-refractivity contribution is -0.184. The maximum atomic E-state index is 5.56. The van der Waals surface area contributed by atoms with Crippen LogP contribution in [0.3, 0.4) is 0 Å². The number of ether oxygens (including phenoxy) is 1. The summed E-state index contributed by atoms with van der Waals surface area (Å²) in [6.07, 6.45) is 2.89. The molecule has 1 rings (SSSR count). The summed E-state index contributed by atoms with van der Waals surface area (Å²) < 4.78 is 21.8. The second-order valence-electron chi connectivity index (χ2n) is 3.26. The lowest BCUT2D eigenvalue weighted by atomic mass is 10.4. The minimum absolute atomic E-state index is 0.0691. The average molecular weight is 220 g/mol. The van der Waals surface area contributed by atoms with E-state index in [1.165, 1.54) is 0 Å². The highest BCUT2D eigenvalue weighted by Crippen LogP contribution is 2.14. The Morgan fingerprint density at radius 2 is 1.79 bits per heavy atom. The van der Waals surface area contributed by atoms with E-state index in [2.05, 4.69) is 13.8 Å². The van der Waals surface area contributed by atoms with Gasteiger partial charge in [-0.25, -0.2) is 0 Å². The van der Waals surface area contributed by atoms with Gasteiger partial charge in [-0.2, -0.15) is 0 Å². The van der Waals surface area contributed by atoms with E-state index in [-0.39, 0.29) is 6.29 Å². The van der Waals surface area contributed by atoms with Gasteiger partial charge in [0.25, 0.3) is 0 Å². The highest BCUT2D eigenvalue weighted by atomic mass is 28.3. The molecule has 1 aliphatic heterocycles. The molecule has 0 aliphatic carbocycles. The monoisotopic (exact) mass is 220 g/mol. The van der Waals surface area contributed by atoms with Crippen molar-refractivity contribution in [2.24, 2.45) is 0 Å². The van der Waals surface area contributed by atoms with Gasteiger partial charge in [0.2, 0.25) is 0 Å². The zero-order chi connectivity index (χ0) is 10.2. The van der Waals surface area contributed by atoms with Crippen LogP contribution in [0.4, 0.5) is 0 Å². The first kappa shape index (κ1) is 12.1. The van der Waals surface area contributed by atoms with Crippen molar-refractivity contribution in [2.45, 2.75) is 39.4 Å². The maximum absolute atomic E-state index is 5.56. The average Bonchev–Trinajstić information content (AvgIpc) is 2.14. The molecule has 5 heteroatoms. The van der Waals surface area contributed by atoms with E-state index in [1.54, 1.807) is 0 Å². The summed E-state index contributed by atoms with van der Waals surface area (Å²) in [5.74, 6) is 0. The van der Waals surface area contributed by atoms with Crippen molar-refractivity contribution in [2.75, 3.05) is 19.8 Å². The molecule has 1 aliphatic rings. The standard InChI is InChI=1S/C9H20O4Si/c1-3-6-11-14(12-7-4-2)13-9-5-8-10-9/h9,14H,3-8H2,1-2H3. The van der Waals surface area contributed by atoms with Gasteiger partial charge in [0.05, 0.1) is 6.61 Å². The maximum Gasteiger partial charge on any atom is 0.486 e. The molecule has 1 unspecified atom stereocenters. The topological polar surface area (TPSA) is 36.9 Å². The lowest BCUT2D eigenvalue weighted by Crippen LogP contribution is -2.39. The van der Waals surface area contributed by atoms with E-state index in [0.29, 0.717) is 13.2 Å². The molecule has 1 atom stereocenters. The molecule has 0 saturated carbocycles. The van der Waals surface area contributed by atoms with E-state index in [9.17, 15) is 0 Å². The van der Waals surface area contributed by atoms with Crippen LogP contribution in [0.15, 0.2) is 0 Å². The molecule has 84 valence electrons. The number of rotatable bonds is 8. The lowest BCUT2D eigenvalue weighted by Gasteiger charge is -2.29. The quantitative estimate of drug-likeness (QED) is 0.578. The van der Waals surface area contributed by atoms with Crippen molar-refractivity contribution >= 4 is 9.53 Å². The van der Waals surface area contributed by atoms with Crippen LogP contribution in [-0.4, -0.2) is 35.6 Å². The summed E-state index contributed by atoms with van der Waals surface area (Å²) in [6, 6.07) is 0. The summed E-state index contributed by atoms with van der Waals surface area (Å²) >= 11 is 0. The summed E-state index contributed by atoms with van der Waals surface area (Å²) in [5, 5.41) is 0. The van der Waals surface area contributed by atoms with Gasteiger partial charge in [0.1, 0.15) is 0 Å². The van der Waals surface area contributed by atoms with Gasteiger partial charge in [0, 0.05) is 19.6 Å². The fourth-order valence-corrected chi connectivity index (χ4v) is 2.57. The third-order valence-corrected chi connectivity index (χ3v) is 3.38. The normalized spacial score (nSPS) is 21.2. The van der Waals surface area contributed by atoms with E-state index in [4.69, 9.17) is 18.0 Å². The Kier molecular flexibility index (Phi) is 6.38. The summed E-state index contributed by atoms with van der Waals surface area (Å²) in [4.78, 5) is 0. The predicted octanol–water partition coefficient (Wildman–Crippen LogP) is 1.32. The Balaban J connectivity index is 2.12. The zero-order valence-electron chi connectivity index (χ0n) is 9.03. The first-order valence-corrected chi connectivity index (χ1v) is 6.78. The third-order valence-electron chi connectivity index (χ3n) is 1.84. The molecule has 14 heavy (non-hydrogen) atoms. The van der Waals surface area contributed by atoms with Crippen molar-refractivity contribution < 1.29 is 18.0 Å². The first-order chi connectivity index (χ1) is 6.86. The zero-order valence-corrected chi connectivity index (χ0v) is 10.2. The Morgan fingerprint density at radius 1 is 1.21 bits per heavy atom. The van der Waals surface area contributed by atoms with Crippen molar-refractivity contribution in [3.63, 3.8) is 0 Å². The van der Waals surface area contributed by atoms with Crippen LogP contribution in [0.2, 0.25) is 0 Å². The Bertz CT molecular complexity index is 133. The Morgan fingerprint density at radius 3 is 2.14 bits per heavy atom. The SMILES string of the molecule is CCCO[SiH](OCCC)OC1CCO1. The molecule has 1 heterocycles. The van der Waals surface area contributed by atoms with Crippen LogP contribution < -0.4 is 0 Å². The van der Waals surface area contributed by atoms with Crippen LogP contribution >= 0.6 is 0 Å². The molecular formula is C9H20O4Si. The molecule has 0 spiro atoms. The smallest absolute Gasteiger partial charge is 0.376 e. The molecule has 0 N–H and O–H groups in total. The molecule has 1 fully saturated rings. The van der Waals surface area contributed by atoms with Crippen molar-refractivity contribution in [3.05, 3.63) is 0 Å². The molecule has 0 amide bonds. The van der Waals surface area contributed by atoms with Gasteiger partial charge in [-0.1, -0.05) is 13.8 Å². The van der Waals surface area contributed by atoms with E-state index >= 15 is 0 Å². The van der Waals surface area contributed by atoms with Crippen LogP contribution in [0.5, 0.6) is 0 Å². The minimum Gasteiger partial charge on any atom is -0.376 e. The molecule has 0 aromatic rings. The van der Waals surface area contributed by atoms with Crippen molar-refractivity contribution in [1.29, 1.82) is 0 Å². The molecule has 4 nitrogen and oxygen atoms in total. The summed E-state index contributed by atoms with van der Waals surface area (Å²) in [5.41, 5.74) is 0. The Labute approximate surface area is 87.5 Å². The van der Waals surface area contributed by atoms with Gasteiger partial charge in [0.15, 0.2) is 6.29 Å². The fourth-order valence-electron chi connectivity index (χ4n) is 1.00. The molecule has 0 aromatic carbocycles. The minimum atomic E-state index is -1.92. The van der Waals surface area contributed by atoms with Crippen LogP contribution in [-0.2, 0) is 18.0 Å². The number of hydrogen-bond acceptors (Lipinski definition) is 4. The number of hydrogen-bond donors (Lipinski definition) is 0. The molecule has 0 bridgehead atoms. The highest BCUT2D eigenvalue weighted by molar-refractivity contribution is 6.36. The fraction of sp³-hybridized carbons (Fsp3) is 1.00. The van der Waals surface area contributed by atoms with E-state index in [1.807, 2.05) is 0 Å². The van der Waals surface area contributed by atoms with Gasteiger partial charge < -0.3 is 18.0 Å². The Hall–Kier alpha value is 0.0569. The van der Waals surface area contributed by atoms with Crippen LogP contribution in [0, 0.1) is 0 Å². The van der Waals surface area contributed by atoms with Crippen LogP contribution in [0.25, 0.3) is 0 Å². The van der Waals surface area contributed by atoms with Gasteiger partial charge in [-0.3, -0.25) is 0 Å². The summed E-state index contributed by atoms with van der Waals surface area (Å²) in [7, 11) is -1.92. The highest BCUT2D eigenvalue weighted by Gasteiger charge is 2.26. The van der Waals surface area contributed by atoms with Crippen LogP contribution in [0.1, 0.15) is 33.1 Å². The van der Waals surface area contributed by atoms with Gasteiger partial charge in [-0.15, -0.1) is 0 Å². The molecule has 0 aromatic heterocycles. The van der Waals surface area contributed by atoms with Gasteiger partial charge in [-0.05, 0) is 12.8 Å². The third kappa shape index (κ3) is 4.52. The molecule has 0 radical (unpaired) electrons. The second-order valence-corrected chi connectivity index (χ2v) is 4.77. The van der Waals surface area contributed by atoms with Crippen molar-refractivity contribution in [1.82, 2.24) is 0 Å². The van der Waals surface area contributed by atoms with E-state index < -0.39 is 9.53 Å². The second kappa shape index (κ2) is 7.36. The van der Waals surface area contributed by atoms with Gasteiger partial charge >= 0.3 is 9.53 Å². The van der Waals surface area contributed by atoms with E-state index in [0.717, 1.165) is 25.9 Å². The molecule has 1 saturated heterocycles. The molecular weight excluding hydrogens is 200 g/mol. The summed E-state index contributed by atoms with van der Waals surface area (Å²) in [6.45, 7) is 6.38. The van der Waals surface area contributed by atoms with Crippen molar-refractivity contribution in [3.8, 4) is 0 Å². The largest absolute Gasteiger partial charge is 0.486 e. The first-order valence-electron chi connectivity index (χ1n) is 5.37. The predicted molar refractivity (Wildman–Crippen MR) is 55.1 cm³/mol.